The Labute approximate surface area is 244 Å². The number of hydrogen-bond acceptors (Lipinski definition) is 6. The van der Waals surface area contributed by atoms with Gasteiger partial charge in [0.15, 0.2) is 5.03 Å². The van der Waals surface area contributed by atoms with Crippen LogP contribution in [0, 0.1) is 0 Å². The van der Waals surface area contributed by atoms with Gasteiger partial charge in [0.2, 0.25) is 0 Å². The lowest BCUT2D eigenvalue weighted by molar-refractivity contribution is 0.239. The van der Waals surface area contributed by atoms with E-state index in [4.69, 9.17) is 16.3 Å². The molecule has 11 heteroatoms. The number of benzene rings is 4. The molecule has 1 N–H and O–H groups in total. The summed E-state index contributed by atoms with van der Waals surface area (Å²) in [6.45, 7) is 1.21. The fourth-order valence-corrected chi connectivity index (χ4v) is 8.92. The molecule has 0 bridgehead atoms. The third-order valence-corrected chi connectivity index (χ3v) is 11.2. The zero-order valence-electron chi connectivity index (χ0n) is 22.0. The first-order chi connectivity index (χ1) is 19.7. The molecule has 2 heterocycles. The molecular formula is C30H28ClN3O5S2. The SMILES string of the molecule is O=S(=O)(c1cc2cc(Cl)ccc2n1S(=O)(=O)c1ccccc1)N1CCNC(CCOc2ccc3ccccc3c2)C1. The topological polar surface area (TPSA) is 97.7 Å². The highest BCUT2D eigenvalue weighted by Gasteiger charge is 2.36. The second kappa shape index (κ2) is 11.1. The van der Waals surface area contributed by atoms with Crippen LogP contribution < -0.4 is 10.1 Å². The van der Waals surface area contributed by atoms with Crippen molar-refractivity contribution in [3.8, 4) is 5.75 Å². The predicted molar refractivity (Wildman–Crippen MR) is 161 cm³/mol. The van der Waals surface area contributed by atoms with Gasteiger partial charge < -0.3 is 10.1 Å². The Morgan fingerprint density at radius 3 is 2.37 bits per heavy atom. The van der Waals surface area contributed by atoms with Crippen LogP contribution in [-0.2, 0) is 20.0 Å². The molecule has 5 aromatic rings. The quantitative estimate of drug-likeness (QED) is 0.262. The zero-order valence-corrected chi connectivity index (χ0v) is 24.4. The molecule has 1 aliphatic rings. The largest absolute Gasteiger partial charge is 0.494 e. The van der Waals surface area contributed by atoms with Crippen molar-refractivity contribution in [3.05, 3.63) is 102 Å². The van der Waals surface area contributed by atoms with Crippen LogP contribution in [-0.4, -0.2) is 57.4 Å². The van der Waals surface area contributed by atoms with Crippen molar-refractivity contribution < 1.29 is 21.6 Å². The van der Waals surface area contributed by atoms with Crippen LogP contribution in [0.5, 0.6) is 5.75 Å². The summed E-state index contributed by atoms with van der Waals surface area (Å²) in [5, 5.41) is 6.06. The molecule has 1 unspecified atom stereocenters. The minimum Gasteiger partial charge on any atom is -0.494 e. The van der Waals surface area contributed by atoms with Crippen molar-refractivity contribution in [2.75, 3.05) is 26.2 Å². The Balaban J connectivity index is 1.25. The van der Waals surface area contributed by atoms with Gasteiger partial charge in [-0.25, -0.2) is 20.8 Å². The molecule has 0 radical (unpaired) electrons. The monoisotopic (exact) mass is 609 g/mol. The van der Waals surface area contributed by atoms with Crippen molar-refractivity contribution in [1.82, 2.24) is 13.6 Å². The van der Waals surface area contributed by atoms with Crippen LogP contribution >= 0.6 is 11.6 Å². The van der Waals surface area contributed by atoms with Crippen molar-refractivity contribution in [3.63, 3.8) is 0 Å². The van der Waals surface area contributed by atoms with Gasteiger partial charge in [0.1, 0.15) is 5.75 Å². The summed E-state index contributed by atoms with van der Waals surface area (Å²) >= 11 is 6.18. The molecule has 6 rings (SSSR count). The van der Waals surface area contributed by atoms with E-state index in [9.17, 15) is 16.8 Å². The van der Waals surface area contributed by atoms with Gasteiger partial charge in [0.05, 0.1) is 17.0 Å². The van der Waals surface area contributed by atoms with Gasteiger partial charge in [0.25, 0.3) is 20.0 Å². The molecule has 1 atom stereocenters. The standard InChI is InChI=1S/C30H28ClN3O5S2/c31-25-11-13-29-24(18-25)20-30(34(29)40(35,36)28-8-2-1-3-9-28)41(37,38)33-16-15-32-26(21-33)14-17-39-27-12-10-22-6-4-5-7-23(22)19-27/h1-13,18-20,26,32H,14-17,21H2. The Morgan fingerprint density at radius 1 is 0.805 bits per heavy atom. The molecule has 212 valence electrons. The number of halogens is 1. The molecule has 0 amide bonds. The van der Waals surface area contributed by atoms with Crippen molar-refractivity contribution in [2.45, 2.75) is 22.4 Å². The minimum atomic E-state index is -4.23. The zero-order chi connectivity index (χ0) is 28.6. The lowest BCUT2D eigenvalue weighted by Gasteiger charge is -2.33. The van der Waals surface area contributed by atoms with Gasteiger partial charge in [-0.1, -0.05) is 60.1 Å². The van der Waals surface area contributed by atoms with Gasteiger partial charge in [-0.15, -0.1) is 0 Å². The predicted octanol–water partition coefficient (Wildman–Crippen LogP) is 5.12. The summed E-state index contributed by atoms with van der Waals surface area (Å²) in [4.78, 5) is -0.00655. The third kappa shape index (κ3) is 5.45. The van der Waals surface area contributed by atoms with Crippen LogP contribution in [0.2, 0.25) is 5.02 Å². The lowest BCUT2D eigenvalue weighted by Crippen LogP contribution is -2.53. The van der Waals surface area contributed by atoms with Gasteiger partial charge >= 0.3 is 0 Å². The van der Waals surface area contributed by atoms with Gasteiger partial charge in [-0.2, -0.15) is 4.31 Å². The smallest absolute Gasteiger partial charge is 0.269 e. The number of rotatable bonds is 8. The van der Waals surface area contributed by atoms with E-state index in [1.54, 1.807) is 30.3 Å². The van der Waals surface area contributed by atoms with E-state index in [0.29, 0.717) is 30.0 Å². The lowest BCUT2D eigenvalue weighted by atomic mass is 10.1. The fourth-order valence-electron chi connectivity index (χ4n) is 5.18. The molecule has 1 aliphatic heterocycles. The van der Waals surface area contributed by atoms with E-state index in [-0.39, 0.29) is 34.6 Å². The van der Waals surface area contributed by atoms with Crippen LogP contribution in [0.15, 0.2) is 107 Å². The maximum absolute atomic E-state index is 14.1. The maximum atomic E-state index is 14.1. The summed E-state index contributed by atoms with van der Waals surface area (Å²) in [5.41, 5.74) is 0.243. The number of ether oxygens (including phenoxy) is 1. The normalized spacial score (nSPS) is 16.8. The molecule has 0 saturated carbocycles. The molecule has 0 spiro atoms. The molecule has 4 aromatic carbocycles. The van der Waals surface area contributed by atoms with Crippen LogP contribution in [0.1, 0.15) is 6.42 Å². The van der Waals surface area contributed by atoms with Crippen molar-refractivity contribution in [1.29, 1.82) is 0 Å². The summed E-state index contributed by atoms with van der Waals surface area (Å²) in [7, 11) is -8.43. The molecule has 1 aromatic heterocycles. The summed E-state index contributed by atoms with van der Waals surface area (Å²) < 4.78 is 63.9. The number of sulfonamides is 1. The van der Waals surface area contributed by atoms with E-state index in [1.807, 2.05) is 42.5 Å². The second-order valence-electron chi connectivity index (χ2n) is 9.93. The summed E-state index contributed by atoms with van der Waals surface area (Å²) in [5.74, 6) is 0.748. The molecular weight excluding hydrogens is 582 g/mol. The number of piperazine rings is 1. The Bertz CT molecular complexity index is 1940. The first-order valence-electron chi connectivity index (χ1n) is 13.2. The highest BCUT2D eigenvalue weighted by atomic mass is 35.5. The van der Waals surface area contributed by atoms with Gasteiger partial charge in [-0.05, 0) is 65.7 Å². The van der Waals surface area contributed by atoms with E-state index < -0.39 is 20.0 Å². The van der Waals surface area contributed by atoms with E-state index in [0.717, 1.165) is 20.5 Å². The maximum Gasteiger partial charge on any atom is 0.269 e. The second-order valence-corrected chi connectivity index (χ2v) is 14.0. The first kappa shape index (κ1) is 27.7. The fraction of sp³-hybridized carbons (Fsp3) is 0.200. The van der Waals surface area contributed by atoms with Crippen LogP contribution in [0.4, 0.5) is 0 Å². The third-order valence-electron chi connectivity index (χ3n) is 7.25. The average molecular weight is 610 g/mol. The number of nitrogens with one attached hydrogen (secondary N) is 1. The summed E-state index contributed by atoms with van der Waals surface area (Å²) in [6.07, 6.45) is 0.569. The van der Waals surface area contributed by atoms with Crippen LogP contribution in [0.3, 0.4) is 0 Å². The van der Waals surface area contributed by atoms with Gasteiger partial charge in [-0.3, -0.25) is 0 Å². The average Bonchev–Trinajstić information content (AvgIpc) is 3.38. The molecule has 8 nitrogen and oxygen atoms in total. The Kier molecular flexibility index (Phi) is 7.52. The highest BCUT2D eigenvalue weighted by Crippen LogP contribution is 2.32. The summed E-state index contributed by atoms with van der Waals surface area (Å²) in [6, 6.07) is 27.6. The van der Waals surface area contributed by atoms with Crippen molar-refractivity contribution in [2.24, 2.45) is 0 Å². The Hall–Kier alpha value is -3.41. The number of nitrogens with zero attached hydrogens (tertiary/aromatic N) is 2. The molecule has 1 fully saturated rings. The number of fused-ring (bicyclic) bond motifs is 2. The van der Waals surface area contributed by atoms with E-state index in [2.05, 4.69) is 5.32 Å². The van der Waals surface area contributed by atoms with Gasteiger partial charge in [0, 0.05) is 36.1 Å². The molecule has 1 saturated heterocycles. The molecule has 41 heavy (non-hydrogen) atoms. The number of hydrogen-bond donors (Lipinski definition) is 1. The highest BCUT2D eigenvalue weighted by molar-refractivity contribution is 7.92. The first-order valence-corrected chi connectivity index (χ1v) is 16.5. The minimum absolute atomic E-state index is 0.00655. The number of aromatic nitrogens is 1. The van der Waals surface area contributed by atoms with Crippen LogP contribution in [0.25, 0.3) is 21.7 Å². The van der Waals surface area contributed by atoms with E-state index >= 15 is 0 Å². The van der Waals surface area contributed by atoms with E-state index in [1.165, 1.54) is 28.6 Å². The Morgan fingerprint density at radius 2 is 1.56 bits per heavy atom. The van der Waals surface area contributed by atoms with Crippen molar-refractivity contribution >= 4 is 53.3 Å². The molecule has 0 aliphatic carbocycles.